The molecular weight excluding hydrogens is 302 g/mol. The molecule has 0 saturated heterocycles. The van der Waals surface area contributed by atoms with E-state index in [1.54, 1.807) is 18.4 Å². The number of benzene rings is 1. The Morgan fingerprint density at radius 2 is 2.00 bits per heavy atom. The van der Waals surface area contributed by atoms with Gasteiger partial charge in [0.15, 0.2) is 0 Å². The zero-order valence-electron chi connectivity index (χ0n) is 12.4. The molecule has 0 aliphatic rings. The SMILES string of the molecule is COCCNCC(C)=Cc1ccc(-c2ccc(Cl)cc2)s1. The van der Waals surface area contributed by atoms with Gasteiger partial charge < -0.3 is 10.1 Å². The quantitative estimate of drug-likeness (QED) is 0.746. The zero-order valence-corrected chi connectivity index (χ0v) is 13.9. The number of thiophene rings is 1. The van der Waals surface area contributed by atoms with Crippen molar-refractivity contribution in [3.8, 4) is 10.4 Å². The minimum absolute atomic E-state index is 0.743. The first-order chi connectivity index (χ1) is 10.2. The summed E-state index contributed by atoms with van der Waals surface area (Å²) in [5.74, 6) is 0. The number of hydrogen-bond acceptors (Lipinski definition) is 3. The van der Waals surface area contributed by atoms with Crippen LogP contribution in [-0.2, 0) is 4.74 Å². The molecule has 0 unspecified atom stereocenters. The largest absolute Gasteiger partial charge is 0.383 e. The molecule has 0 fully saturated rings. The highest BCUT2D eigenvalue weighted by atomic mass is 35.5. The molecule has 0 saturated carbocycles. The molecule has 0 spiro atoms. The van der Waals surface area contributed by atoms with Gasteiger partial charge in [-0.2, -0.15) is 0 Å². The highest BCUT2D eigenvalue weighted by molar-refractivity contribution is 7.16. The Hall–Kier alpha value is -1.13. The minimum atomic E-state index is 0.743. The zero-order chi connectivity index (χ0) is 15.1. The van der Waals surface area contributed by atoms with E-state index >= 15 is 0 Å². The van der Waals surface area contributed by atoms with Crippen LogP contribution in [0.15, 0.2) is 42.0 Å². The summed E-state index contributed by atoms with van der Waals surface area (Å²) in [6, 6.07) is 12.3. The maximum Gasteiger partial charge on any atom is 0.0587 e. The van der Waals surface area contributed by atoms with Crippen LogP contribution >= 0.6 is 22.9 Å². The van der Waals surface area contributed by atoms with E-state index in [0.29, 0.717) is 0 Å². The molecule has 2 nitrogen and oxygen atoms in total. The molecule has 0 atom stereocenters. The second-order valence-corrected chi connectivity index (χ2v) is 6.42. The lowest BCUT2D eigenvalue weighted by molar-refractivity contribution is 0.200. The van der Waals surface area contributed by atoms with Crippen LogP contribution in [0.3, 0.4) is 0 Å². The predicted octanol–water partition coefficient (Wildman–Crippen LogP) is 4.71. The maximum atomic E-state index is 5.92. The van der Waals surface area contributed by atoms with E-state index in [-0.39, 0.29) is 0 Å². The summed E-state index contributed by atoms with van der Waals surface area (Å²) in [6.45, 7) is 4.65. The third-order valence-electron chi connectivity index (χ3n) is 3.03. The molecule has 1 N–H and O–H groups in total. The first-order valence-corrected chi connectivity index (χ1v) is 8.11. The normalized spacial score (nSPS) is 11.9. The van der Waals surface area contributed by atoms with Crippen LogP contribution in [0.2, 0.25) is 5.02 Å². The summed E-state index contributed by atoms with van der Waals surface area (Å²) >= 11 is 7.71. The van der Waals surface area contributed by atoms with Gasteiger partial charge in [-0.3, -0.25) is 0 Å². The van der Waals surface area contributed by atoms with Crippen molar-refractivity contribution in [2.75, 3.05) is 26.8 Å². The summed E-state index contributed by atoms with van der Waals surface area (Å²) in [5, 5.41) is 4.12. The number of ether oxygens (including phenoxy) is 1. The van der Waals surface area contributed by atoms with E-state index in [4.69, 9.17) is 16.3 Å². The fraction of sp³-hybridized carbons (Fsp3) is 0.294. The lowest BCUT2D eigenvalue weighted by Crippen LogP contribution is -2.20. The van der Waals surface area contributed by atoms with Gasteiger partial charge in [-0.1, -0.05) is 29.3 Å². The van der Waals surface area contributed by atoms with Crippen LogP contribution in [0, 0.1) is 0 Å². The average molecular weight is 322 g/mol. The summed E-state index contributed by atoms with van der Waals surface area (Å²) in [5.41, 5.74) is 2.52. The second-order valence-electron chi connectivity index (χ2n) is 4.87. The minimum Gasteiger partial charge on any atom is -0.383 e. The number of hydrogen-bond donors (Lipinski definition) is 1. The first-order valence-electron chi connectivity index (χ1n) is 6.91. The lowest BCUT2D eigenvalue weighted by Gasteiger charge is -2.03. The van der Waals surface area contributed by atoms with Gasteiger partial charge in [0.2, 0.25) is 0 Å². The molecule has 0 amide bonds. The van der Waals surface area contributed by atoms with Gasteiger partial charge in [0.1, 0.15) is 0 Å². The Morgan fingerprint density at radius 1 is 1.24 bits per heavy atom. The van der Waals surface area contributed by atoms with E-state index in [1.165, 1.54) is 20.9 Å². The van der Waals surface area contributed by atoms with Crippen molar-refractivity contribution in [3.63, 3.8) is 0 Å². The van der Waals surface area contributed by atoms with Crippen molar-refractivity contribution in [3.05, 3.63) is 51.9 Å². The van der Waals surface area contributed by atoms with Gasteiger partial charge in [-0.15, -0.1) is 11.3 Å². The fourth-order valence-electron chi connectivity index (χ4n) is 1.95. The van der Waals surface area contributed by atoms with E-state index < -0.39 is 0 Å². The Bertz CT molecular complexity index is 589. The Kier molecular flexibility index (Phi) is 6.46. The van der Waals surface area contributed by atoms with E-state index in [1.807, 2.05) is 12.1 Å². The fourth-order valence-corrected chi connectivity index (χ4v) is 3.12. The summed E-state index contributed by atoms with van der Waals surface area (Å²) in [7, 11) is 1.72. The third kappa shape index (κ3) is 5.29. The molecule has 2 aromatic rings. The molecule has 0 bridgehead atoms. The van der Waals surface area contributed by atoms with E-state index in [0.717, 1.165) is 24.7 Å². The molecule has 1 heterocycles. The van der Waals surface area contributed by atoms with Gasteiger partial charge in [-0.25, -0.2) is 0 Å². The van der Waals surface area contributed by atoms with Crippen LogP contribution in [0.1, 0.15) is 11.8 Å². The number of nitrogens with one attached hydrogen (secondary N) is 1. The summed E-state index contributed by atoms with van der Waals surface area (Å²) < 4.78 is 5.01. The van der Waals surface area contributed by atoms with Crippen LogP contribution in [0.4, 0.5) is 0 Å². The molecule has 1 aromatic carbocycles. The molecular formula is C17H20ClNOS. The predicted molar refractivity (Wildman–Crippen MR) is 93.2 cm³/mol. The van der Waals surface area contributed by atoms with Crippen molar-refractivity contribution in [2.45, 2.75) is 6.92 Å². The van der Waals surface area contributed by atoms with Gasteiger partial charge in [0.05, 0.1) is 6.61 Å². The number of methoxy groups -OCH3 is 1. The van der Waals surface area contributed by atoms with Crippen LogP contribution in [0.25, 0.3) is 16.5 Å². The van der Waals surface area contributed by atoms with Gasteiger partial charge >= 0.3 is 0 Å². The molecule has 112 valence electrons. The van der Waals surface area contributed by atoms with Gasteiger partial charge in [0, 0.05) is 35.0 Å². The number of rotatable bonds is 7. The Morgan fingerprint density at radius 3 is 2.71 bits per heavy atom. The number of halogens is 1. The van der Waals surface area contributed by atoms with Crippen molar-refractivity contribution in [1.29, 1.82) is 0 Å². The molecule has 0 aliphatic carbocycles. The highest BCUT2D eigenvalue weighted by Crippen LogP contribution is 2.30. The molecule has 2 rings (SSSR count). The Balaban J connectivity index is 1.97. The maximum absolute atomic E-state index is 5.92. The molecule has 0 aliphatic heterocycles. The van der Waals surface area contributed by atoms with Crippen LogP contribution in [0.5, 0.6) is 0 Å². The van der Waals surface area contributed by atoms with E-state index in [9.17, 15) is 0 Å². The standard InChI is InChI=1S/C17H20ClNOS/c1-13(12-19-9-10-20-2)11-16-7-8-17(21-16)14-3-5-15(18)6-4-14/h3-8,11,19H,9-10,12H2,1-2H3. The smallest absolute Gasteiger partial charge is 0.0587 e. The summed E-state index contributed by atoms with van der Waals surface area (Å²) in [4.78, 5) is 2.53. The molecule has 4 heteroatoms. The topological polar surface area (TPSA) is 21.3 Å². The average Bonchev–Trinajstić information content (AvgIpc) is 2.93. The monoisotopic (exact) mass is 321 g/mol. The van der Waals surface area contributed by atoms with Crippen molar-refractivity contribution >= 4 is 29.0 Å². The first kappa shape index (κ1) is 16.2. The van der Waals surface area contributed by atoms with Gasteiger partial charge in [0.25, 0.3) is 0 Å². The molecule has 21 heavy (non-hydrogen) atoms. The summed E-state index contributed by atoms with van der Waals surface area (Å²) in [6.07, 6.45) is 2.23. The van der Waals surface area contributed by atoms with Gasteiger partial charge in [-0.05, 0) is 42.8 Å². The van der Waals surface area contributed by atoms with Crippen molar-refractivity contribution < 1.29 is 4.74 Å². The molecule has 1 aromatic heterocycles. The molecule has 0 radical (unpaired) electrons. The lowest BCUT2D eigenvalue weighted by atomic mass is 10.2. The van der Waals surface area contributed by atoms with Crippen molar-refractivity contribution in [2.24, 2.45) is 0 Å². The van der Waals surface area contributed by atoms with Crippen LogP contribution in [-0.4, -0.2) is 26.8 Å². The highest BCUT2D eigenvalue weighted by Gasteiger charge is 2.02. The van der Waals surface area contributed by atoms with Crippen LogP contribution < -0.4 is 5.32 Å². The van der Waals surface area contributed by atoms with Crippen molar-refractivity contribution in [1.82, 2.24) is 5.32 Å². The third-order valence-corrected chi connectivity index (χ3v) is 4.36. The van der Waals surface area contributed by atoms with E-state index in [2.05, 4.69) is 42.6 Å². The Labute approximate surface area is 135 Å². The second kappa shape index (κ2) is 8.35.